The molecule has 0 unspecified atom stereocenters. The van der Waals surface area contributed by atoms with Crippen LogP contribution in [0.25, 0.3) is 0 Å². The van der Waals surface area contributed by atoms with Gasteiger partial charge in [0.1, 0.15) is 11.0 Å². The highest BCUT2D eigenvalue weighted by Crippen LogP contribution is 2.23. The minimum Gasteiger partial charge on any atom is -0.314 e. The van der Waals surface area contributed by atoms with Crippen LogP contribution in [0.2, 0.25) is 5.02 Å². The summed E-state index contributed by atoms with van der Waals surface area (Å²) in [5.74, 6) is 0. The van der Waals surface area contributed by atoms with Crippen molar-refractivity contribution in [1.29, 1.82) is 5.26 Å². The summed E-state index contributed by atoms with van der Waals surface area (Å²) in [7, 11) is -3.64. The fourth-order valence-electron chi connectivity index (χ4n) is 1.83. The van der Waals surface area contributed by atoms with Gasteiger partial charge < -0.3 is 5.32 Å². The zero-order valence-corrected chi connectivity index (χ0v) is 11.1. The Labute approximate surface area is 111 Å². The minimum atomic E-state index is -3.64. The highest BCUT2D eigenvalue weighted by molar-refractivity contribution is 7.89. The van der Waals surface area contributed by atoms with Crippen LogP contribution >= 0.6 is 11.6 Å². The summed E-state index contributed by atoms with van der Waals surface area (Å²) >= 11 is 5.81. The third-order valence-electron chi connectivity index (χ3n) is 2.76. The van der Waals surface area contributed by atoms with Crippen molar-refractivity contribution in [2.24, 2.45) is 0 Å². The first-order valence-electron chi connectivity index (χ1n) is 5.46. The number of halogens is 1. The molecule has 0 aromatic heterocycles. The fourth-order valence-corrected chi connectivity index (χ4v) is 3.67. The maximum atomic E-state index is 12.4. The average Bonchev–Trinajstić information content (AvgIpc) is 2.39. The first-order chi connectivity index (χ1) is 8.55. The Kier molecular flexibility index (Phi) is 3.88. The van der Waals surface area contributed by atoms with Crippen LogP contribution in [0.1, 0.15) is 5.56 Å². The molecule has 0 aliphatic carbocycles. The van der Waals surface area contributed by atoms with E-state index in [0.717, 1.165) is 0 Å². The van der Waals surface area contributed by atoms with Crippen LogP contribution in [0.5, 0.6) is 0 Å². The molecule has 1 aromatic rings. The van der Waals surface area contributed by atoms with Gasteiger partial charge in [-0.3, -0.25) is 0 Å². The van der Waals surface area contributed by atoms with E-state index in [1.54, 1.807) is 0 Å². The van der Waals surface area contributed by atoms with E-state index in [2.05, 4.69) is 5.32 Å². The number of benzene rings is 1. The first kappa shape index (κ1) is 13.3. The van der Waals surface area contributed by atoms with Crippen molar-refractivity contribution in [3.8, 4) is 6.07 Å². The van der Waals surface area contributed by atoms with E-state index in [0.29, 0.717) is 31.2 Å². The molecule has 1 aliphatic rings. The quantitative estimate of drug-likeness (QED) is 0.872. The summed E-state index contributed by atoms with van der Waals surface area (Å²) in [5.41, 5.74) is 0.123. The Morgan fingerprint density at radius 2 is 2.00 bits per heavy atom. The molecule has 1 aliphatic heterocycles. The number of nitrogens with one attached hydrogen (secondary N) is 1. The number of hydrogen-bond acceptors (Lipinski definition) is 4. The molecule has 0 bridgehead atoms. The van der Waals surface area contributed by atoms with Crippen molar-refractivity contribution in [3.05, 3.63) is 28.8 Å². The van der Waals surface area contributed by atoms with E-state index >= 15 is 0 Å². The molecular formula is C11H12ClN3O2S. The van der Waals surface area contributed by atoms with Gasteiger partial charge in [-0.1, -0.05) is 11.6 Å². The normalized spacial score (nSPS) is 17.3. The lowest BCUT2D eigenvalue weighted by molar-refractivity contribution is 0.360. The second kappa shape index (κ2) is 5.24. The lowest BCUT2D eigenvalue weighted by Crippen LogP contribution is -2.46. The fraction of sp³-hybridized carbons (Fsp3) is 0.364. The first-order valence-corrected chi connectivity index (χ1v) is 7.28. The topological polar surface area (TPSA) is 73.2 Å². The summed E-state index contributed by atoms with van der Waals surface area (Å²) < 4.78 is 26.2. The number of nitriles is 1. The smallest absolute Gasteiger partial charge is 0.244 e. The molecule has 1 heterocycles. The van der Waals surface area contributed by atoms with Crippen LogP contribution < -0.4 is 5.32 Å². The maximum absolute atomic E-state index is 12.4. The molecule has 1 saturated heterocycles. The molecule has 0 amide bonds. The highest BCUT2D eigenvalue weighted by Gasteiger charge is 2.28. The lowest BCUT2D eigenvalue weighted by atomic mass is 10.2. The number of piperazine rings is 1. The minimum absolute atomic E-state index is 0.0144. The standard InChI is InChI=1S/C11H12ClN3O2S/c12-10-2-1-9(8-13)11(7-10)18(16,17)15-5-3-14-4-6-15/h1-2,7,14H,3-6H2. The molecule has 5 nitrogen and oxygen atoms in total. The predicted molar refractivity (Wildman–Crippen MR) is 67.8 cm³/mol. The Morgan fingerprint density at radius 3 is 2.61 bits per heavy atom. The van der Waals surface area contributed by atoms with Crippen molar-refractivity contribution in [1.82, 2.24) is 9.62 Å². The Bertz CT molecular complexity index is 589. The third kappa shape index (κ3) is 2.49. The SMILES string of the molecule is N#Cc1ccc(Cl)cc1S(=O)(=O)N1CCNCC1. The molecule has 1 fully saturated rings. The molecule has 7 heteroatoms. The van der Waals surface area contributed by atoms with Crippen molar-refractivity contribution in [2.75, 3.05) is 26.2 Å². The van der Waals surface area contributed by atoms with E-state index in [1.165, 1.54) is 22.5 Å². The second-order valence-corrected chi connectivity index (χ2v) is 6.25. The van der Waals surface area contributed by atoms with Gasteiger partial charge in [0.05, 0.1) is 5.56 Å². The van der Waals surface area contributed by atoms with Crippen molar-refractivity contribution in [3.63, 3.8) is 0 Å². The van der Waals surface area contributed by atoms with E-state index in [4.69, 9.17) is 16.9 Å². The molecule has 0 atom stereocenters. The van der Waals surface area contributed by atoms with E-state index in [1.807, 2.05) is 6.07 Å². The van der Waals surface area contributed by atoms with Gasteiger partial charge in [-0.15, -0.1) is 0 Å². The van der Waals surface area contributed by atoms with Crippen LogP contribution in [0, 0.1) is 11.3 Å². The van der Waals surface area contributed by atoms with Gasteiger partial charge >= 0.3 is 0 Å². The van der Waals surface area contributed by atoms with Crippen LogP contribution in [0.15, 0.2) is 23.1 Å². The molecular weight excluding hydrogens is 274 g/mol. The number of rotatable bonds is 2. The Hall–Kier alpha value is -1.13. The molecule has 96 valence electrons. The van der Waals surface area contributed by atoms with Crippen LogP contribution in [0.3, 0.4) is 0 Å². The van der Waals surface area contributed by atoms with E-state index < -0.39 is 10.0 Å². The van der Waals surface area contributed by atoms with E-state index in [9.17, 15) is 8.42 Å². The molecule has 18 heavy (non-hydrogen) atoms. The molecule has 0 radical (unpaired) electrons. The van der Waals surface area contributed by atoms with Crippen LogP contribution in [-0.4, -0.2) is 38.9 Å². The van der Waals surface area contributed by atoms with Gasteiger partial charge in [0.2, 0.25) is 10.0 Å². The van der Waals surface area contributed by atoms with Crippen LogP contribution in [-0.2, 0) is 10.0 Å². The van der Waals surface area contributed by atoms with Crippen molar-refractivity contribution >= 4 is 21.6 Å². The van der Waals surface area contributed by atoms with Gasteiger partial charge in [-0.05, 0) is 18.2 Å². The van der Waals surface area contributed by atoms with Crippen LogP contribution in [0.4, 0.5) is 0 Å². The maximum Gasteiger partial charge on any atom is 0.244 e. The molecule has 0 saturated carbocycles. The van der Waals surface area contributed by atoms with Gasteiger partial charge in [0.25, 0.3) is 0 Å². The summed E-state index contributed by atoms with van der Waals surface area (Å²) in [6.07, 6.45) is 0. The van der Waals surface area contributed by atoms with E-state index in [-0.39, 0.29) is 10.5 Å². The number of sulfonamides is 1. The highest BCUT2D eigenvalue weighted by atomic mass is 35.5. The summed E-state index contributed by atoms with van der Waals surface area (Å²) in [6.45, 7) is 2.03. The van der Waals surface area contributed by atoms with Gasteiger partial charge in [0.15, 0.2) is 0 Å². The monoisotopic (exact) mass is 285 g/mol. The summed E-state index contributed by atoms with van der Waals surface area (Å²) in [6, 6.07) is 6.16. The third-order valence-corrected chi connectivity index (χ3v) is 4.93. The molecule has 1 aromatic carbocycles. The lowest BCUT2D eigenvalue weighted by Gasteiger charge is -2.26. The second-order valence-electron chi connectivity index (χ2n) is 3.91. The number of nitrogens with zero attached hydrogens (tertiary/aromatic N) is 2. The van der Waals surface area contributed by atoms with Gasteiger partial charge in [-0.2, -0.15) is 9.57 Å². The molecule has 0 spiro atoms. The van der Waals surface area contributed by atoms with Crippen molar-refractivity contribution < 1.29 is 8.42 Å². The molecule has 1 N–H and O–H groups in total. The summed E-state index contributed by atoms with van der Waals surface area (Å²) in [4.78, 5) is -0.0144. The Balaban J connectivity index is 2.46. The predicted octanol–water partition coefficient (Wildman–Crippen LogP) is 0.806. The number of hydrogen-bond donors (Lipinski definition) is 1. The summed E-state index contributed by atoms with van der Waals surface area (Å²) in [5, 5.41) is 12.4. The van der Waals surface area contributed by atoms with Gasteiger partial charge in [0, 0.05) is 31.2 Å². The van der Waals surface area contributed by atoms with Gasteiger partial charge in [-0.25, -0.2) is 8.42 Å². The van der Waals surface area contributed by atoms with Crippen molar-refractivity contribution in [2.45, 2.75) is 4.90 Å². The Morgan fingerprint density at radius 1 is 1.33 bits per heavy atom. The molecule has 2 rings (SSSR count). The largest absolute Gasteiger partial charge is 0.314 e. The zero-order valence-electron chi connectivity index (χ0n) is 9.56. The zero-order chi connectivity index (χ0) is 13.2. The average molecular weight is 286 g/mol.